The van der Waals surface area contributed by atoms with Crippen LogP contribution in [0.15, 0.2) is 65.7 Å². The predicted molar refractivity (Wildman–Crippen MR) is 115 cm³/mol. The number of non-ortho nitro benzene ring substituents is 1. The number of hydrogen-bond donors (Lipinski definition) is 2. The lowest BCUT2D eigenvalue weighted by Gasteiger charge is -2.14. The van der Waals surface area contributed by atoms with Gasteiger partial charge in [-0.05, 0) is 30.7 Å². The van der Waals surface area contributed by atoms with E-state index < -0.39 is 10.8 Å². The van der Waals surface area contributed by atoms with Crippen molar-refractivity contribution >= 4 is 34.9 Å². The number of pyridine rings is 1. The molecule has 1 amide bonds. The summed E-state index contributed by atoms with van der Waals surface area (Å²) in [6, 6.07) is 18.6. The van der Waals surface area contributed by atoms with Crippen LogP contribution in [-0.2, 0) is 0 Å². The number of carbonyl (C=O) groups is 1. The number of thioether (sulfide) groups is 1. The first-order valence-electron chi connectivity index (χ1n) is 8.87. The summed E-state index contributed by atoms with van der Waals surface area (Å²) < 4.78 is 0. The van der Waals surface area contributed by atoms with E-state index in [1.807, 2.05) is 19.1 Å². The smallest absolute Gasteiger partial charge is 0.269 e. The molecule has 8 nitrogen and oxygen atoms in total. The molecular weight excluding hydrogens is 402 g/mol. The fourth-order valence-corrected chi connectivity index (χ4v) is 3.71. The first-order chi connectivity index (χ1) is 14.4. The highest BCUT2D eigenvalue weighted by Crippen LogP contribution is 2.37. The lowest BCUT2D eigenvalue weighted by molar-refractivity contribution is -0.384. The Kier molecular flexibility index (Phi) is 6.29. The third-order valence-electron chi connectivity index (χ3n) is 4.25. The second-order valence-electron chi connectivity index (χ2n) is 6.32. The molecule has 150 valence electrons. The molecule has 9 heteroatoms. The van der Waals surface area contributed by atoms with E-state index >= 15 is 0 Å². The van der Waals surface area contributed by atoms with Crippen LogP contribution in [0.3, 0.4) is 0 Å². The summed E-state index contributed by atoms with van der Waals surface area (Å²) in [5.74, 6) is -0.470. The minimum Gasteiger partial charge on any atom is -0.383 e. The van der Waals surface area contributed by atoms with Crippen molar-refractivity contribution in [1.29, 1.82) is 5.26 Å². The Morgan fingerprint density at radius 1 is 1.23 bits per heavy atom. The molecule has 1 atom stereocenters. The molecule has 0 saturated carbocycles. The maximum absolute atomic E-state index is 12.5. The maximum atomic E-state index is 12.5. The average Bonchev–Trinajstić information content (AvgIpc) is 2.74. The van der Waals surface area contributed by atoms with E-state index in [1.54, 1.807) is 36.4 Å². The molecule has 0 aliphatic heterocycles. The molecule has 3 aromatic rings. The van der Waals surface area contributed by atoms with Crippen molar-refractivity contribution in [3.05, 3.63) is 87.5 Å². The second-order valence-corrected chi connectivity index (χ2v) is 7.65. The molecule has 0 bridgehead atoms. The summed E-state index contributed by atoms with van der Waals surface area (Å²) in [5, 5.41) is 23.4. The Labute approximate surface area is 176 Å². The van der Waals surface area contributed by atoms with Crippen LogP contribution in [0.25, 0.3) is 0 Å². The standard InChI is InChI=1S/C21H17N5O3S/c1-13(14-6-5-9-17(10-14)26(28)29)30-21-15(12-22)11-18(19(23)25-21)20(27)24-16-7-3-2-4-8-16/h2-11,13H,1H3,(H2,23,25)(H,24,27). The van der Waals surface area contributed by atoms with Crippen molar-refractivity contribution in [2.75, 3.05) is 11.1 Å². The topological polar surface area (TPSA) is 135 Å². The van der Waals surface area contributed by atoms with Crippen molar-refractivity contribution < 1.29 is 9.72 Å². The molecule has 0 radical (unpaired) electrons. The highest BCUT2D eigenvalue weighted by atomic mass is 32.2. The van der Waals surface area contributed by atoms with E-state index in [0.29, 0.717) is 16.3 Å². The number of nitrogens with zero attached hydrogens (tertiary/aromatic N) is 3. The Morgan fingerprint density at radius 3 is 2.63 bits per heavy atom. The fourth-order valence-electron chi connectivity index (χ4n) is 2.71. The average molecular weight is 419 g/mol. The Hall–Kier alpha value is -3.90. The molecule has 0 spiro atoms. The van der Waals surface area contributed by atoms with Crippen LogP contribution in [0.1, 0.15) is 33.7 Å². The Balaban J connectivity index is 1.85. The number of amides is 1. The van der Waals surface area contributed by atoms with Gasteiger partial charge in [-0.3, -0.25) is 14.9 Å². The van der Waals surface area contributed by atoms with E-state index in [2.05, 4.69) is 10.3 Å². The molecule has 0 aliphatic carbocycles. The van der Waals surface area contributed by atoms with Gasteiger partial charge in [0.1, 0.15) is 16.9 Å². The van der Waals surface area contributed by atoms with E-state index in [1.165, 1.54) is 30.0 Å². The van der Waals surface area contributed by atoms with Gasteiger partial charge in [-0.2, -0.15) is 5.26 Å². The van der Waals surface area contributed by atoms with E-state index in [9.17, 15) is 20.2 Å². The third kappa shape index (κ3) is 4.74. The lowest BCUT2D eigenvalue weighted by Crippen LogP contribution is -2.15. The van der Waals surface area contributed by atoms with Gasteiger partial charge in [0.05, 0.1) is 16.1 Å². The number of nitro groups is 1. The number of anilines is 2. The van der Waals surface area contributed by atoms with Crippen molar-refractivity contribution in [3.63, 3.8) is 0 Å². The van der Waals surface area contributed by atoms with Gasteiger partial charge in [-0.15, -0.1) is 0 Å². The highest BCUT2D eigenvalue weighted by Gasteiger charge is 2.19. The Bertz CT molecular complexity index is 1150. The van der Waals surface area contributed by atoms with E-state index in [-0.39, 0.29) is 27.9 Å². The summed E-state index contributed by atoms with van der Waals surface area (Å²) in [6.07, 6.45) is 0. The van der Waals surface area contributed by atoms with Gasteiger partial charge in [0, 0.05) is 23.1 Å². The van der Waals surface area contributed by atoms with Crippen molar-refractivity contribution in [1.82, 2.24) is 4.98 Å². The summed E-state index contributed by atoms with van der Waals surface area (Å²) in [6.45, 7) is 1.85. The zero-order valence-corrected chi connectivity index (χ0v) is 16.7. The second kappa shape index (κ2) is 9.07. The SMILES string of the molecule is CC(Sc1nc(N)c(C(=O)Nc2ccccc2)cc1C#N)c1cccc([N+](=O)[O-])c1. The summed E-state index contributed by atoms with van der Waals surface area (Å²) in [5.41, 5.74) is 7.59. The summed E-state index contributed by atoms with van der Waals surface area (Å²) in [7, 11) is 0. The maximum Gasteiger partial charge on any atom is 0.269 e. The number of aromatic nitrogens is 1. The van der Waals surface area contributed by atoms with Gasteiger partial charge in [0.15, 0.2) is 0 Å². The number of nitrogens with two attached hydrogens (primary N) is 1. The summed E-state index contributed by atoms with van der Waals surface area (Å²) >= 11 is 1.24. The van der Waals surface area contributed by atoms with Gasteiger partial charge < -0.3 is 11.1 Å². The van der Waals surface area contributed by atoms with Gasteiger partial charge >= 0.3 is 0 Å². The van der Waals surface area contributed by atoms with E-state index in [4.69, 9.17) is 5.73 Å². The van der Waals surface area contributed by atoms with Crippen molar-refractivity contribution in [2.24, 2.45) is 0 Å². The van der Waals surface area contributed by atoms with Crippen LogP contribution in [0.5, 0.6) is 0 Å². The number of nitrogen functional groups attached to an aromatic ring is 1. The van der Waals surface area contributed by atoms with Crippen molar-refractivity contribution in [2.45, 2.75) is 17.2 Å². The van der Waals surface area contributed by atoms with Gasteiger partial charge in [0.25, 0.3) is 11.6 Å². The van der Waals surface area contributed by atoms with E-state index in [0.717, 1.165) is 0 Å². The third-order valence-corrected chi connectivity index (χ3v) is 5.41. The number of rotatable bonds is 6. The summed E-state index contributed by atoms with van der Waals surface area (Å²) in [4.78, 5) is 27.3. The molecule has 0 aliphatic rings. The van der Waals surface area contributed by atoms with Crippen LogP contribution in [0, 0.1) is 21.4 Å². The highest BCUT2D eigenvalue weighted by molar-refractivity contribution is 7.99. The van der Waals surface area contributed by atoms with Crippen LogP contribution in [0.4, 0.5) is 17.2 Å². The molecule has 0 fully saturated rings. The number of nitriles is 1. The number of nitrogens with one attached hydrogen (secondary N) is 1. The van der Waals surface area contributed by atoms with Gasteiger partial charge in [-0.25, -0.2) is 4.98 Å². The van der Waals surface area contributed by atoms with Gasteiger partial charge in [0.2, 0.25) is 0 Å². The monoisotopic (exact) mass is 419 g/mol. The molecule has 30 heavy (non-hydrogen) atoms. The number of nitro benzene ring substituents is 1. The molecule has 0 saturated heterocycles. The molecule has 1 unspecified atom stereocenters. The first-order valence-corrected chi connectivity index (χ1v) is 9.75. The number of para-hydroxylation sites is 1. The number of hydrogen-bond acceptors (Lipinski definition) is 7. The first kappa shape index (κ1) is 20.8. The molecule has 1 heterocycles. The van der Waals surface area contributed by atoms with Crippen LogP contribution in [-0.4, -0.2) is 15.8 Å². The molecule has 1 aromatic heterocycles. The largest absolute Gasteiger partial charge is 0.383 e. The Morgan fingerprint density at radius 2 is 1.97 bits per heavy atom. The predicted octanol–water partition coefficient (Wildman–Crippen LogP) is 4.55. The van der Waals surface area contributed by atoms with Crippen LogP contribution in [0.2, 0.25) is 0 Å². The lowest BCUT2D eigenvalue weighted by atomic mass is 10.1. The quantitative estimate of drug-likeness (QED) is 0.340. The van der Waals surface area contributed by atoms with Gasteiger partial charge in [-0.1, -0.05) is 42.1 Å². The molecular formula is C21H17N5O3S. The fraction of sp³-hybridized carbons (Fsp3) is 0.0952. The van der Waals surface area contributed by atoms with Crippen molar-refractivity contribution in [3.8, 4) is 6.07 Å². The minimum atomic E-state index is -0.467. The number of carbonyl (C=O) groups excluding carboxylic acids is 1. The molecule has 3 rings (SSSR count). The minimum absolute atomic E-state index is 0.00354. The zero-order chi connectivity index (χ0) is 21.7. The van der Waals surface area contributed by atoms with Crippen LogP contribution >= 0.6 is 11.8 Å². The molecule has 2 aromatic carbocycles. The number of benzene rings is 2. The normalized spacial score (nSPS) is 11.3. The van der Waals surface area contributed by atoms with Crippen LogP contribution < -0.4 is 11.1 Å². The zero-order valence-electron chi connectivity index (χ0n) is 15.9. The molecule has 3 N–H and O–H groups in total.